The molecule has 1 atom stereocenters. The zero-order valence-electron chi connectivity index (χ0n) is 16.7. The number of benzene rings is 2. The molecule has 7 heteroatoms. The molecular weight excluding hydrogens is 440 g/mol. The Kier molecular flexibility index (Phi) is 7.80. The summed E-state index contributed by atoms with van der Waals surface area (Å²) in [6.45, 7) is 8.12. The van der Waals surface area contributed by atoms with Gasteiger partial charge in [-0.25, -0.2) is 8.42 Å². The van der Waals surface area contributed by atoms with Crippen molar-refractivity contribution in [2.45, 2.75) is 45.1 Å². The zero-order chi connectivity index (χ0) is 20.9. The van der Waals surface area contributed by atoms with E-state index in [2.05, 4.69) is 21.2 Å². The second kappa shape index (κ2) is 9.67. The lowest BCUT2D eigenvalue weighted by Crippen LogP contribution is -2.35. The fourth-order valence-corrected chi connectivity index (χ4v) is 4.79. The van der Waals surface area contributed by atoms with E-state index in [0.717, 1.165) is 15.6 Å². The van der Waals surface area contributed by atoms with Crippen LogP contribution in [0.3, 0.4) is 0 Å². The third kappa shape index (κ3) is 5.43. The molecule has 2 rings (SSSR count). The normalized spacial score (nSPS) is 12.8. The fraction of sp³-hybridized carbons (Fsp3) is 0.381. The van der Waals surface area contributed by atoms with E-state index in [9.17, 15) is 13.2 Å². The van der Waals surface area contributed by atoms with Gasteiger partial charge in [0.05, 0.1) is 4.90 Å². The monoisotopic (exact) mass is 466 g/mol. The minimum absolute atomic E-state index is 0.0869. The van der Waals surface area contributed by atoms with E-state index in [4.69, 9.17) is 0 Å². The lowest BCUT2D eigenvalue weighted by molar-refractivity contribution is 0.0939. The van der Waals surface area contributed by atoms with Crippen LogP contribution in [0, 0.1) is 6.92 Å². The van der Waals surface area contributed by atoms with Gasteiger partial charge in [0.2, 0.25) is 10.0 Å². The molecule has 0 aromatic heterocycles. The first-order chi connectivity index (χ1) is 13.2. The molecule has 1 unspecified atom stereocenters. The van der Waals surface area contributed by atoms with E-state index in [1.807, 2.05) is 38.1 Å². The van der Waals surface area contributed by atoms with Crippen molar-refractivity contribution >= 4 is 31.9 Å². The standard InChI is InChI=1S/C21H27BrN2O3S/c1-5-24(6-2)28(26,27)19-12-7-15(3)20(14-19)21(25)23-16(4)13-17-8-10-18(22)11-9-17/h7-12,14,16H,5-6,13H2,1-4H3,(H,23,25). The van der Waals surface area contributed by atoms with Crippen LogP contribution < -0.4 is 5.32 Å². The summed E-state index contributed by atoms with van der Waals surface area (Å²) in [7, 11) is -3.61. The maximum absolute atomic E-state index is 12.8. The number of carbonyl (C=O) groups excluding carboxylic acids is 1. The maximum atomic E-state index is 12.8. The Labute approximate surface area is 176 Å². The predicted molar refractivity (Wildman–Crippen MR) is 116 cm³/mol. The van der Waals surface area contributed by atoms with Crippen LogP contribution in [0.1, 0.15) is 42.3 Å². The first kappa shape index (κ1) is 22.6. The summed E-state index contributed by atoms with van der Waals surface area (Å²) in [5.41, 5.74) is 2.24. The average molecular weight is 467 g/mol. The number of aryl methyl sites for hydroxylation is 1. The molecule has 0 aliphatic rings. The van der Waals surface area contributed by atoms with Gasteiger partial charge in [0.25, 0.3) is 5.91 Å². The smallest absolute Gasteiger partial charge is 0.251 e. The molecule has 0 fully saturated rings. The molecule has 1 amide bonds. The molecule has 0 radical (unpaired) electrons. The Balaban J connectivity index is 2.19. The second-order valence-electron chi connectivity index (χ2n) is 6.77. The lowest BCUT2D eigenvalue weighted by Gasteiger charge is -2.20. The number of hydrogen-bond donors (Lipinski definition) is 1. The van der Waals surface area contributed by atoms with Gasteiger partial charge in [-0.1, -0.05) is 48.0 Å². The van der Waals surface area contributed by atoms with E-state index >= 15 is 0 Å². The predicted octanol–water partition coefficient (Wildman–Crippen LogP) is 4.15. The number of nitrogens with one attached hydrogen (secondary N) is 1. The Morgan fingerprint density at radius 3 is 2.29 bits per heavy atom. The van der Waals surface area contributed by atoms with Crippen LogP contribution in [0.15, 0.2) is 51.8 Å². The minimum atomic E-state index is -3.61. The highest BCUT2D eigenvalue weighted by molar-refractivity contribution is 9.10. The van der Waals surface area contributed by atoms with Gasteiger partial charge in [-0.15, -0.1) is 0 Å². The molecule has 2 aromatic carbocycles. The van der Waals surface area contributed by atoms with Crippen molar-refractivity contribution < 1.29 is 13.2 Å². The fourth-order valence-electron chi connectivity index (χ4n) is 3.05. The number of amides is 1. The Morgan fingerprint density at radius 2 is 1.71 bits per heavy atom. The third-order valence-electron chi connectivity index (χ3n) is 4.63. The summed E-state index contributed by atoms with van der Waals surface area (Å²) in [6, 6.07) is 12.6. The summed E-state index contributed by atoms with van der Waals surface area (Å²) in [6.07, 6.45) is 0.690. The quantitative estimate of drug-likeness (QED) is 0.635. The highest BCUT2D eigenvalue weighted by atomic mass is 79.9. The van der Waals surface area contributed by atoms with E-state index < -0.39 is 10.0 Å². The highest BCUT2D eigenvalue weighted by Crippen LogP contribution is 2.20. The molecule has 0 aliphatic carbocycles. The van der Waals surface area contributed by atoms with E-state index in [-0.39, 0.29) is 16.8 Å². The lowest BCUT2D eigenvalue weighted by atomic mass is 10.1. The van der Waals surface area contributed by atoms with E-state index in [1.54, 1.807) is 26.0 Å². The van der Waals surface area contributed by atoms with Crippen molar-refractivity contribution in [3.05, 3.63) is 63.6 Å². The van der Waals surface area contributed by atoms with Crippen molar-refractivity contribution in [1.29, 1.82) is 0 Å². The van der Waals surface area contributed by atoms with Gasteiger partial charge in [0.15, 0.2) is 0 Å². The molecule has 5 nitrogen and oxygen atoms in total. The molecule has 0 heterocycles. The average Bonchev–Trinajstić information content (AvgIpc) is 2.64. The number of hydrogen-bond acceptors (Lipinski definition) is 3. The number of rotatable bonds is 8. The Hall–Kier alpha value is -1.70. The van der Waals surface area contributed by atoms with Crippen LogP contribution >= 0.6 is 15.9 Å². The van der Waals surface area contributed by atoms with Gasteiger partial charge >= 0.3 is 0 Å². The molecule has 1 N–H and O–H groups in total. The molecular formula is C21H27BrN2O3S. The summed E-state index contributed by atoms with van der Waals surface area (Å²) in [4.78, 5) is 12.9. The number of halogens is 1. The van der Waals surface area contributed by atoms with Crippen molar-refractivity contribution in [3.63, 3.8) is 0 Å². The number of nitrogens with zero attached hydrogens (tertiary/aromatic N) is 1. The molecule has 28 heavy (non-hydrogen) atoms. The molecule has 0 saturated carbocycles. The van der Waals surface area contributed by atoms with Gasteiger partial charge in [0.1, 0.15) is 0 Å². The molecule has 0 saturated heterocycles. The molecule has 0 spiro atoms. The van der Waals surface area contributed by atoms with Gasteiger partial charge < -0.3 is 5.32 Å². The van der Waals surface area contributed by atoms with E-state index in [0.29, 0.717) is 25.1 Å². The zero-order valence-corrected chi connectivity index (χ0v) is 19.1. The van der Waals surface area contributed by atoms with Gasteiger partial charge in [-0.3, -0.25) is 4.79 Å². The van der Waals surface area contributed by atoms with Crippen LogP contribution in [-0.4, -0.2) is 37.8 Å². The topological polar surface area (TPSA) is 66.5 Å². The van der Waals surface area contributed by atoms with Crippen LogP contribution in [0.4, 0.5) is 0 Å². The second-order valence-corrected chi connectivity index (χ2v) is 9.62. The summed E-state index contributed by atoms with van der Waals surface area (Å²) < 4.78 is 27.9. The van der Waals surface area contributed by atoms with Crippen molar-refractivity contribution in [1.82, 2.24) is 9.62 Å². The first-order valence-electron chi connectivity index (χ1n) is 9.35. The molecule has 2 aromatic rings. The van der Waals surface area contributed by atoms with Crippen molar-refractivity contribution in [2.75, 3.05) is 13.1 Å². The third-order valence-corrected chi connectivity index (χ3v) is 7.20. The number of sulfonamides is 1. The molecule has 0 aliphatic heterocycles. The van der Waals surface area contributed by atoms with Crippen molar-refractivity contribution in [3.8, 4) is 0 Å². The summed E-state index contributed by atoms with van der Waals surface area (Å²) in [5.74, 6) is -0.265. The van der Waals surface area contributed by atoms with Crippen LogP contribution in [0.2, 0.25) is 0 Å². The van der Waals surface area contributed by atoms with Crippen LogP contribution in [0.25, 0.3) is 0 Å². The van der Waals surface area contributed by atoms with E-state index in [1.165, 1.54) is 10.4 Å². The SMILES string of the molecule is CCN(CC)S(=O)(=O)c1ccc(C)c(C(=O)NC(C)Cc2ccc(Br)cc2)c1. The highest BCUT2D eigenvalue weighted by Gasteiger charge is 2.23. The number of carbonyl (C=O) groups is 1. The van der Waals surface area contributed by atoms with Gasteiger partial charge in [-0.2, -0.15) is 4.31 Å². The van der Waals surface area contributed by atoms with Crippen molar-refractivity contribution in [2.24, 2.45) is 0 Å². The van der Waals surface area contributed by atoms with Gasteiger partial charge in [-0.05, 0) is 55.7 Å². The molecule has 152 valence electrons. The van der Waals surface area contributed by atoms with Crippen LogP contribution in [-0.2, 0) is 16.4 Å². The summed E-state index contributed by atoms with van der Waals surface area (Å²) in [5, 5.41) is 2.98. The molecule has 0 bridgehead atoms. The first-order valence-corrected chi connectivity index (χ1v) is 11.6. The van der Waals surface area contributed by atoms with Crippen LogP contribution in [0.5, 0.6) is 0 Å². The maximum Gasteiger partial charge on any atom is 0.251 e. The Bertz CT molecular complexity index is 923. The Morgan fingerprint density at radius 1 is 1.11 bits per heavy atom. The van der Waals surface area contributed by atoms with Gasteiger partial charge in [0, 0.05) is 29.2 Å². The minimum Gasteiger partial charge on any atom is -0.349 e. The summed E-state index contributed by atoms with van der Waals surface area (Å²) >= 11 is 3.41. The largest absolute Gasteiger partial charge is 0.349 e.